The number of aromatic nitrogens is 2. The number of carboxylic acids is 1. The zero-order valence-electron chi connectivity index (χ0n) is 11.5. The van der Waals surface area contributed by atoms with Crippen molar-refractivity contribution >= 4 is 28.6 Å². The van der Waals surface area contributed by atoms with Crippen molar-refractivity contribution in [2.45, 2.75) is 6.54 Å². The van der Waals surface area contributed by atoms with E-state index in [4.69, 9.17) is 16.7 Å². The summed E-state index contributed by atoms with van der Waals surface area (Å²) in [5.41, 5.74) is 2.41. The van der Waals surface area contributed by atoms with E-state index in [1.807, 2.05) is 16.7 Å². The van der Waals surface area contributed by atoms with Crippen LogP contribution in [0.5, 0.6) is 0 Å². The van der Waals surface area contributed by atoms with E-state index in [0.717, 1.165) is 5.56 Å². The Bertz CT molecular complexity index is 840. The summed E-state index contributed by atoms with van der Waals surface area (Å²) < 4.78 is 1.81. The van der Waals surface area contributed by atoms with Gasteiger partial charge in [-0.1, -0.05) is 11.6 Å². The summed E-state index contributed by atoms with van der Waals surface area (Å²) in [4.78, 5) is 15.7. The highest BCUT2D eigenvalue weighted by Crippen LogP contribution is 2.26. The van der Waals surface area contributed by atoms with Crippen molar-refractivity contribution in [3.63, 3.8) is 0 Å². The predicted molar refractivity (Wildman–Crippen MR) is 84.2 cm³/mol. The Morgan fingerprint density at radius 3 is 2.55 bits per heavy atom. The second kappa shape index (κ2) is 5.79. The van der Waals surface area contributed by atoms with Crippen LogP contribution in [0.1, 0.15) is 10.4 Å². The van der Waals surface area contributed by atoms with Gasteiger partial charge in [-0.25, -0.2) is 9.78 Å². The monoisotopic (exact) mass is 316 g/mol. The van der Waals surface area contributed by atoms with E-state index in [1.54, 1.807) is 24.3 Å². The first-order valence-electron chi connectivity index (χ1n) is 6.70. The average Bonchev–Trinajstić information content (AvgIpc) is 2.86. The second-order valence-electron chi connectivity index (χ2n) is 4.83. The van der Waals surface area contributed by atoms with Gasteiger partial charge in [-0.15, -0.1) is 0 Å². The van der Waals surface area contributed by atoms with Gasteiger partial charge in [-0.05, 0) is 42.5 Å². The molecular formula is C16H13ClN2O3. The fourth-order valence-electron chi connectivity index (χ4n) is 2.40. The highest BCUT2D eigenvalue weighted by molar-refractivity contribution is 6.30. The maximum absolute atomic E-state index is 11.1. The van der Waals surface area contributed by atoms with Gasteiger partial charge in [0.05, 0.1) is 23.2 Å². The third-order valence-corrected chi connectivity index (χ3v) is 3.67. The van der Waals surface area contributed by atoms with Crippen molar-refractivity contribution < 1.29 is 15.0 Å². The van der Waals surface area contributed by atoms with Crippen molar-refractivity contribution in [2.24, 2.45) is 0 Å². The minimum atomic E-state index is -0.994. The molecule has 0 aliphatic rings. The summed E-state index contributed by atoms with van der Waals surface area (Å²) in [7, 11) is 0. The fraction of sp³-hybridized carbons (Fsp3) is 0.125. The quantitative estimate of drug-likeness (QED) is 0.775. The Labute approximate surface area is 131 Å². The molecular weight excluding hydrogens is 304 g/mol. The van der Waals surface area contributed by atoms with Gasteiger partial charge in [0.1, 0.15) is 5.82 Å². The number of fused-ring (bicyclic) bond motifs is 1. The van der Waals surface area contributed by atoms with E-state index in [0.29, 0.717) is 28.4 Å². The summed E-state index contributed by atoms with van der Waals surface area (Å²) in [6, 6.07) is 12.0. The van der Waals surface area contributed by atoms with E-state index in [2.05, 4.69) is 4.98 Å². The lowest BCUT2D eigenvalue weighted by atomic mass is 10.2. The molecule has 0 bridgehead atoms. The maximum atomic E-state index is 11.1. The molecule has 0 fully saturated rings. The van der Waals surface area contributed by atoms with E-state index in [1.165, 1.54) is 6.07 Å². The molecule has 0 aliphatic carbocycles. The number of aliphatic hydroxyl groups is 1. The molecule has 22 heavy (non-hydrogen) atoms. The van der Waals surface area contributed by atoms with Crippen LogP contribution in [0.4, 0.5) is 0 Å². The van der Waals surface area contributed by atoms with Gasteiger partial charge in [0, 0.05) is 17.1 Å². The first-order valence-corrected chi connectivity index (χ1v) is 7.08. The highest BCUT2D eigenvalue weighted by Gasteiger charge is 2.14. The molecule has 3 rings (SSSR count). The number of aliphatic hydroxyl groups excluding tert-OH is 1. The lowest BCUT2D eigenvalue weighted by Gasteiger charge is -2.07. The summed E-state index contributed by atoms with van der Waals surface area (Å²) >= 11 is 5.90. The molecule has 1 heterocycles. The van der Waals surface area contributed by atoms with Crippen molar-refractivity contribution in [1.29, 1.82) is 0 Å². The van der Waals surface area contributed by atoms with Crippen molar-refractivity contribution in [3.05, 3.63) is 53.1 Å². The van der Waals surface area contributed by atoms with Crippen LogP contribution in [-0.2, 0) is 6.54 Å². The van der Waals surface area contributed by atoms with E-state index in [-0.39, 0.29) is 12.2 Å². The van der Waals surface area contributed by atoms with Gasteiger partial charge in [0.2, 0.25) is 0 Å². The largest absolute Gasteiger partial charge is 0.478 e. The molecule has 0 atom stereocenters. The zero-order valence-corrected chi connectivity index (χ0v) is 12.3. The van der Waals surface area contributed by atoms with Gasteiger partial charge in [-0.3, -0.25) is 0 Å². The maximum Gasteiger partial charge on any atom is 0.335 e. The van der Waals surface area contributed by atoms with Crippen LogP contribution in [0, 0.1) is 0 Å². The van der Waals surface area contributed by atoms with Crippen LogP contribution in [-0.4, -0.2) is 32.3 Å². The summed E-state index contributed by atoms with van der Waals surface area (Å²) in [6.07, 6.45) is 0. The molecule has 3 aromatic rings. The van der Waals surface area contributed by atoms with Crippen LogP contribution < -0.4 is 0 Å². The van der Waals surface area contributed by atoms with E-state index < -0.39 is 5.97 Å². The molecule has 112 valence electrons. The average molecular weight is 317 g/mol. The number of halogens is 1. The van der Waals surface area contributed by atoms with Gasteiger partial charge < -0.3 is 14.8 Å². The van der Waals surface area contributed by atoms with Crippen LogP contribution in [0.2, 0.25) is 5.02 Å². The van der Waals surface area contributed by atoms with Crippen LogP contribution in [0.25, 0.3) is 22.4 Å². The number of hydrogen-bond acceptors (Lipinski definition) is 3. The SMILES string of the molecule is O=C(O)c1ccc2nc(-c3ccc(Cl)cc3)n(CCO)c2c1. The van der Waals surface area contributed by atoms with Crippen LogP contribution >= 0.6 is 11.6 Å². The number of carboxylic acid groups (broad SMARTS) is 1. The number of hydrogen-bond donors (Lipinski definition) is 2. The topological polar surface area (TPSA) is 75.3 Å². The fourth-order valence-corrected chi connectivity index (χ4v) is 2.53. The Hall–Kier alpha value is -2.37. The van der Waals surface area contributed by atoms with Crippen LogP contribution in [0.3, 0.4) is 0 Å². The van der Waals surface area contributed by atoms with E-state index >= 15 is 0 Å². The van der Waals surface area contributed by atoms with Gasteiger partial charge >= 0.3 is 5.97 Å². The van der Waals surface area contributed by atoms with Crippen LogP contribution in [0.15, 0.2) is 42.5 Å². The van der Waals surface area contributed by atoms with Gasteiger partial charge in [-0.2, -0.15) is 0 Å². The molecule has 1 aromatic heterocycles. The molecule has 6 heteroatoms. The van der Waals surface area contributed by atoms with Gasteiger partial charge in [0.15, 0.2) is 0 Å². The Morgan fingerprint density at radius 1 is 1.18 bits per heavy atom. The molecule has 0 aliphatic heterocycles. The normalized spacial score (nSPS) is 11.0. The zero-order chi connectivity index (χ0) is 15.7. The minimum Gasteiger partial charge on any atom is -0.478 e. The Kier molecular flexibility index (Phi) is 3.83. The molecule has 5 nitrogen and oxygen atoms in total. The number of aromatic carboxylic acids is 1. The summed E-state index contributed by atoms with van der Waals surface area (Å²) in [5.74, 6) is -0.324. The first-order chi connectivity index (χ1) is 10.6. The lowest BCUT2D eigenvalue weighted by Crippen LogP contribution is -2.05. The lowest BCUT2D eigenvalue weighted by molar-refractivity contribution is 0.0697. The minimum absolute atomic E-state index is 0.0661. The molecule has 0 saturated heterocycles. The van der Waals surface area contributed by atoms with Gasteiger partial charge in [0.25, 0.3) is 0 Å². The van der Waals surface area contributed by atoms with Crippen molar-refractivity contribution in [1.82, 2.24) is 9.55 Å². The standard InChI is InChI=1S/C16H13ClN2O3/c17-12-4-1-10(2-5-12)15-18-13-6-3-11(16(21)22)9-14(13)19(15)7-8-20/h1-6,9,20H,7-8H2,(H,21,22). The third kappa shape index (κ3) is 2.56. The summed E-state index contributed by atoms with van der Waals surface area (Å²) in [5, 5.41) is 19.1. The molecule has 0 unspecified atom stereocenters. The number of imidazole rings is 1. The molecule has 2 aromatic carbocycles. The number of nitrogens with zero attached hydrogens (tertiary/aromatic N) is 2. The molecule has 0 amide bonds. The number of carbonyl (C=O) groups is 1. The predicted octanol–water partition coefficient (Wildman–Crippen LogP) is 3.05. The summed E-state index contributed by atoms with van der Waals surface area (Å²) in [6.45, 7) is 0.265. The Morgan fingerprint density at radius 2 is 1.91 bits per heavy atom. The van der Waals surface area contributed by atoms with E-state index in [9.17, 15) is 9.90 Å². The highest BCUT2D eigenvalue weighted by atomic mass is 35.5. The smallest absolute Gasteiger partial charge is 0.335 e. The molecule has 2 N–H and O–H groups in total. The first kappa shape index (κ1) is 14.6. The number of benzene rings is 2. The van der Waals surface area contributed by atoms with Crippen molar-refractivity contribution in [2.75, 3.05) is 6.61 Å². The molecule has 0 spiro atoms. The molecule has 0 saturated carbocycles. The Balaban J connectivity index is 2.23. The number of rotatable bonds is 4. The molecule has 0 radical (unpaired) electrons. The second-order valence-corrected chi connectivity index (χ2v) is 5.26. The van der Waals surface area contributed by atoms with Crippen molar-refractivity contribution in [3.8, 4) is 11.4 Å². The third-order valence-electron chi connectivity index (χ3n) is 3.42.